The van der Waals surface area contributed by atoms with Crippen molar-refractivity contribution in [3.63, 3.8) is 0 Å². The summed E-state index contributed by atoms with van der Waals surface area (Å²) in [7, 11) is 0. The van der Waals surface area contributed by atoms with Crippen molar-refractivity contribution in [1.82, 2.24) is 9.88 Å². The highest BCUT2D eigenvalue weighted by atomic mass is 35.5. The van der Waals surface area contributed by atoms with Crippen molar-refractivity contribution in [3.8, 4) is 5.69 Å². The molecule has 1 aliphatic rings. The Hall–Kier alpha value is -1.10. The molecule has 2 aromatic carbocycles. The van der Waals surface area contributed by atoms with Crippen molar-refractivity contribution in [2.45, 2.75) is 17.5 Å². The van der Waals surface area contributed by atoms with E-state index < -0.39 is 0 Å². The van der Waals surface area contributed by atoms with Gasteiger partial charge in [-0.05, 0) is 48.2 Å². The summed E-state index contributed by atoms with van der Waals surface area (Å²) in [5.74, 6) is 0. The largest absolute Gasteiger partial charge is 0.319 e. The average molecular weight is 412 g/mol. The fourth-order valence-corrected chi connectivity index (χ4v) is 4.18. The second kappa shape index (κ2) is 7.65. The Balaban J connectivity index is 0.00000182. The first-order valence-electron chi connectivity index (χ1n) is 7.70. The molecule has 0 fully saturated rings. The van der Waals surface area contributed by atoms with Crippen molar-refractivity contribution >= 4 is 47.4 Å². The zero-order valence-corrected chi connectivity index (χ0v) is 16.6. The Morgan fingerprint density at radius 3 is 2.60 bits per heavy atom. The number of halogens is 3. The summed E-state index contributed by atoms with van der Waals surface area (Å²) in [6.07, 6.45) is 4.16. The molecule has 4 rings (SSSR count). The molecule has 0 amide bonds. The number of nitrogens with one attached hydrogen (secondary N) is 1. The molecule has 1 aliphatic heterocycles. The SMILES string of the molecule is CSc1ccc(C2NCc3c(Cl)cc(Cl)cc3-n3cccc32)cc1.Cl. The van der Waals surface area contributed by atoms with Gasteiger partial charge in [0.15, 0.2) is 0 Å². The standard InChI is InChI=1S/C19H16Cl2N2S.ClH/c1-24-14-6-4-12(5-7-14)19-17-3-2-8-23(17)18-10-13(20)9-16(21)15(18)11-22-19;/h2-10,19,22H,11H2,1H3;1H. The lowest BCUT2D eigenvalue weighted by molar-refractivity contribution is 0.601. The van der Waals surface area contributed by atoms with E-state index in [1.807, 2.05) is 6.07 Å². The van der Waals surface area contributed by atoms with Gasteiger partial charge < -0.3 is 9.88 Å². The van der Waals surface area contributed by atoms with Crippen molar-refractivity contribution in [1.29, 1.82) is 0 Å². The van der Waals surface area contributed by atoms with Gasteiger partial charge in [0.05, 0.1) is 11.7 Å². The summed E-state index contributed by atoms with van der Waals surface area (Å²) in [5, 5.41) is 4.99. The van der Waals surface area contributed by atoms with Crippen LogP contribution in [-0.2, 0) is 6.54 Å². The molecule has 6 heteroatoms. The molecule has 1 atom stereocenters. The van der Waals surface area contributed by atoms with Gasteiger partial charge in [0.2, 0.25) is 0 Å². The highest BCUT2D eigenvalue weighted by Gasteiger charge is 2.24. The molecule has 0 saturated carbocycles. The van der Waals surface area contributed by atoms with E-state index in [0.29, 0.717) is 16.6 Å². The highest BCUT2D eigenvalue weighted by Crippen LogP contribution is 2.35. The van der Waals surface area contributed by atoms with Crippen LogP contribution >= 0.6 is 47.4 Å². The maximum absolute atomic E-state index is 6.45. The zero-order chi connectivity index (χ0) is 16.7. The van der Waals surface area contributed by atoms with Crippen molar-refractivity contribution in [3.05, 3.63) is 81.6 Å². The molecule has 2 nitrogen and oxygen atoms in total. The molecule has 3 aromatic rings. The lowest BCUT2D eigenvalue weighted by atomic mass is 10.0. The van der Waals surface area contributed by atoms with E-state index in [0.717, 1.165) is 11.3 Å². The molecule has 0 spiro atoms. The molecule has 1 N–H and O–H groups in total. The van der Waals surface area contributed by atoms with Crippen molar-refractivity contribution in [2.75, 3.05) is 6.26 Å². The molecular formula is C19H17Cl3N2S. The van der Waals surface area contributed by atoms with Gasteiger partial charge in [0.25, 0.3) is 0 Å². The molecule has 1 aromatic heterocycles. The second-order valence-electron chi connectivity index (χ2n) is 5.78. The molecule has 1 unspecified atom stereocenters. The third-order valence-corrected chi connectivity index (χ3v) is 5.70. The van der Waals surface area contributed by atoms with Gasteiger partial charge in [0.1, 0.15) is 0 Å². The molecular weight excluding hydrogens is 395 g/mol. The molecule has 0 radical (unpaired) electrons. The van der Waals surface area contributed by atoms with Crippen LogP contribution < -0.4 is 5.32 Å². The number of rotatable bonds is 2. The Kier molecular flexibility index (Phi) is 5.71. The third-order valence-electron chi connectivity index (χ3n) is 4.40. The summed E-state index contributed by atoms with van der Waals surface area (Å²) in [6, 6.07) is 16.8. The minimum Gasteiger partial charge on any atom is -0.319 e. The Morgan fingerprint density at radius 1 is 1.12 bits per heavy atom. The van der Waals surface area contributed by atoms with Crippen LogP contribution in [-0.4, -0.2) is 10.8 Å². The second-order valence-corrected chi connectivity index (χ2v) is 7.50. The smallest absolute Gasteiger partial charge is 0.0737 e. The summed E-state index contributed by atoms with van der Waals surface area (Å²) in [4.78, 5) is 1.26. The first kappa shape index (κ1) is 18.7. The predicted octanol–water partition coefficient (Wildman–Crippen LogP) is 6.12. The van der Waals surface area contributed by atoms with E-state index in [1.54, 1.807) is 17.8 Å². The maximum Gasteiger partial charge on any atom is 0.0737 e. The van der Waals surface area contributed by atoms with Crippen molar-refractivity contribution in [2.24, 2.45) is 0 Å². The Bertz CT molecular complexity index is 890. The molecule has 130 valence electrons. The molecule has 2 heterocycles. The van der Waals surface area contributed by atoms with E-state index >= 15 is 0 Å². The van der Waals surface area contributed by atoms with E-state index in [9.17, 15) is 0 Å². The van der Waals surface area contributed by atoms with Crippen molar-refractivity contribution < 1.29 is 0 Å². The highest BCUT2D eigenvalue weighted by molar-refractivity contribution is 7.98. The number of thioether (sulfide) groups is 1. The molecule has 25 heavy (non-hydrogen) atoms. The van der Waals surface area contributed by atoms with Crippen LogP contribution in [0.2, 0.25) is 10.0 Å². The summed E-state index contributed by atoms with van der Waals surface area (Å²) >= 11 is 14.4. The van der Waals surface area contributed by atoms with Gasteiger partial charge in [0, 0.05) is 38.9 Å². The number of aromatic nitrogens is 1. The quantitative estimate of drug-likeness (QED) is 0.511. The zero-order valence-electron chi connectivity index (χ0n) is 13.5. The monoisotopic (exact) mass is 410 g/mol. The fourth-order valence-electron chi connectivity index (χ4n) is 3.22. The number of hydrogen-bond donors (Lipinski definition) is 1. The summed E-state index contributed by atoms with van der Waals surface area (Å²) in [6.45, 7) is 0.696. The number of fused-ring (bicyclic) bond motifs is 3. The topological polar surface area (TPSA) is 17.0 Å². The average Bonchev–Trinajstić information content (AvgIpc) is 3.00. The Morgan fingerprint density at radius 2 is 1.88 bits per heavy atom. The third kappa shape index (κ3) is 3.44. The normalized spacial score (nSPS) is 15.7. The number of benzene rings is 2. The number of nitrogens with zero attached hydrogens (tertiary/aromatic N) is 1. The fraction of sp³-hybridized carbons (Fsp3) is 0.158. The van der Waals surface area contributed by atoms with Gasteiger partial charge in [-0.1, -0.05) is 35.3 Å². The Labute approximate surface area is 167 Å². The van der Waals surface area contributed by atoms with Crippen LogP contribution in [0.3, 0.4) is 0 Å². The van der Waals surface area contributed by atoms with Gasteiger partial charge in [-0.2, -0.15) is 0 Å². The molecule has 0 bridgehead atoms. The van der Waals surface area contributed by atoms with Crippen LogP contribution in [0.1, 0.15) is 22.9 Å². The summed E-state index contributed by atoms with van der Waals surface area (Å²) in [5.41, 5.74) is 4.54. The minimum absolute atomic E-state index is 0. The lowest BCUT2D eigenvalue weighted by Crippen LogP contribution is -2.21. The lowest BCUT2D eigenvalue weighted by Gasteiger charge is -2.18. The first-order chi connectivity index (χ1) is 11.7. The van der Waals surface area contributed by atoms with E-state index in [-0.39, 0.29) is 18.4 Å². The van der Waals surface area contributed by atoms with E-state index in [1.165, 1.54) is 16.2 Å². The van der Waals surface area contributed by atoms with Gasteiger partial charge >= 0.3 is 0 Å². The predicted molar refractivity (Wildman–Crippen MR) is 110 cm³/mol. The van der Waals surface area contributed by atoms with Crippen LogP contribution in [0.4, 0.5) is 0 Å². The van der Waals surface area contributed by atoms with Crippen LogP contribution in [0.15, 0.2) is 59.6 Å². The number of hydrogen-bond acceptors (Lipinski definition) is 2. The molecule has 0 saturated heterocycles. The first-order valence-corrected chi connectivity index (χ1v) is 9.68. The van der Waals surface area contributed by atoms with E-state index in [4.69, 9.17) is 23.2 Å². The summed E-state index contributed by atoms with van der Waals surface area (Å²) < 4.78 is 2.18. The van der Waals surface area contributed by atoms with Gasteiger partial charge in [-0.15, -0.1) is 24.2 Å². The molecule has 0 aliphatic carbocycles. The van der Waals surface area contributed by atoms with Crippen LogP contribution in [0.25, 0.3) is 5.69 Å². The maximum atomic E-state index is 6.45. The van der Waals surface area contributed by atoms with Crippen LogP contribution in [0, 0.1) is 0 Å². The van der Waals surface area contributed by atoms with Crippen LogP contribution in [0.5, 0.6) is 0 Å². The van der Waals surface area contributed by atoms with Gasteiger partial charge in [-0.25, -0.2) is 0 Å². The minimum atomic E-state index is 0. The van der Waals surface area contributed by atoms with E-state index in [2.05, 4.69) is 58.7 Å². The van der Waals surface area contributed by atoms with Gasteiger partial charge in [-0.3, -0.25) is 0 Å².